The summed E-state index contributed by atoms with van der Waals surface area (Å²) < 4.78 is 35.1. The molecule has 3 N–H and O–H groups in total. The largest absolute Gasteiger partial charge is 0.479 e. The SMILES string of the molecule is CC(=O)NCCCS(=O)(=O)OC(COC(=O)CCc1ccccc1)C(C)(C)[C@@H](O)C(=O)O. The zero-order valence-electron chi connectivity index (χ0n) is 18.4. The number of ether oxygens (including phenoxy) is 1. The Bertz CT molecular complexity index is 869. The standard InChI is InChI=1S/C21H31NO9S/c1-15(23)22-12-7-13-32(28,29)31-17(21(2,3)19(25)20(26)27)14-30-18(24)11-10-16-8-5-4-6-9-16/h4-6,8-9,17,19,25H,7,10-14H2,1-3H3,(H,22,23)(H,26,27)/t17?,19-/m0/s1. The van der Waals surface area contributed by atoms with Crippen LogP contribution in [0.5, 0.6) is 0 Å². The average molecular weight is 474 g/mol. The van der Waals surface area contributed by atoms with Crippen molar-refractivity contribution in [2.24, 2.45) is 5.41 Å². The third kappa shape index (κ3) is 9.75. The first kappa shape index (κ1) is 27.5. The molecule has 10 nitrogen and oxygen atoms in total. The number of nitrogens with one attached hydrogen (secondary N) is 1. The molecule has 1 aromatic carbocycles. The Labute approximate surface area is 188 Å². The van der Waals surface area contributed by atoms with Gasteiger partial charge in [-0.2, -0.15) is 8.42 Å². The summed E-state index contributed by atoms with van der Waals surface area (Å²) in [5.41, 5.74) is -0.684. The van der Waals surface area contributed by atoms with Gasteiger partial charge in [-0.05, 0) is 18.4 Å². The number of hydrogen-bond acceptors (Lipinski definition) is 8. The minimum Gasteiger partial charge on any atom is -0.479 e. The zero-order valence-corrected chi connectivity index (χ0v) is 19.3. The number of esters is 1. The fourth-order valence-corrected chi connectivity index (χ4v) is 3.98. The second-order valence-electron chi connectivity index (χ2n) is 7.91. The van der Waals surface area contributed by atoms with Crippen LogP contribution < -0.4 is 5.32 Å². The summed E-state index contributed by atoms with van der Waals surface area (Å²) in [6.45, 7) is 3.46. The highest BCUT2D eigenvalue weighted by Gasteiger charge is 2.44. The molecule has 0 radical (unpaired) electrons. The number of carboxylic acid groups (broad SMARTS) is 1. The molecule has 0 spiro atoms. The van der Waals surface area contributed by atoms with Crippen molar-refractivity contribution in [1.82, 2.24) is 5.32 Å². The van der Waals surface area contributed by atoms with Gasteiger partial charge < -0.3 is 20.3 Å². The predicted octanol–water partition coefficient (Wildman–Crippen LogP) is 0.875. The Hall–Kier alpha value is -2.50. The molecule has 0 aliphatic rings. The van der Waals surface area contributed by atoms with Crippen LogP contribution in [0.15, 0.2) is 30.3 Å². The van der Waals surface area contributed by atoms with Crippen LogP contribution in [0.2, 0.25) is 0 Å². The Kier molecular flexibility index (Phi) is 10.8. The fraction of sp³-hybridized carbons (Fsp3) is 0.571. The van der Waals surface area contributed by atoms with Crippen molar-refractivity contribution in [3.05, 3.63) is 35.9 Å². The van der Waals surface area contributed by atoms with Crippen molar-refractivity contribution in [2.45, 2.75) is 52.2 Å². The van der Waals surface area contributed by atoms with Gasteiger partial charge in [-0.1, -0.05) is 44.2 Å². The second kappa shape index (κ2) is 12.5. The number of carbonyl (C=O) groups excluding carboxylic acids is 2. The first-order valence-electron chi connectivity index (χ1n) is 10.1. The van der Waals surface area contributed by atoms with Crippen LogP contribution in [0.1, 0.15) is 39.2 Å². The van der Waals surface area contributed by atoms with Crippen molar-refractivity contribution in [3.8, 4) is 0 Å². The van der Waals surface area contributed by atoms with E-state index in [-0.39, 0.29) is 25.3 Å². The summed E-state index contributed by atoms with van der Waals surface area (Å²) in [7, 11) is -4.17. The lowest BCUT2D eigenvalue weighted by Gasteiger charge is -2.35. The lowest BCUT2D eigenvalue weighted by molar-refractivity contribution is -0.162. The Balaban J connectivity index is 2.80. The van der Waals surface area contributed by atoms with Crippen molar-refractivity contribution < 1.29 is 41.9 Å². The number of carbonyl (C=O) groups is 3. The van der Waals surface area contributed by atoms with Crippen LogP contribution in [0, 0.1) is 5.41 Å². The molecule has 0 aliphatic heterocycles. The highest BCUT2D eigenvalue weighted by molar-refractivity contribution is 7.86. The quantitative estimate of drug-likeness (QED) is 0.203. The second-order valence-corrected chi connectivity index (χ2v) is 9.63. The average Bonchev–Trinajstić information content (AvgIpc) is 2.72. The number of aliphatic carboxylic acids is 1. The van der Waals surface area contributed by atoms with Gasteiger partial charge >= 0.3 is 11.9 Å². The molecule has 11 heteroatoms. The number of benzene rings is 1. The molecule has 0 fully saturated rings. The van der Waals surface area contributed by atoms with E-state index in [1.807, 2.05) is 30.3 Å². The van der Waals surface area contributed by atoms with Crippen molar-refractivity contribution in [2.75, 3.05) is 18.9 Å². The van der Waals surface area contributed by atoms with E-state index in [1.165, 1.54) is 20.8 Å². The van der Waals surface area contributed by atoms with Gasteiger partial charge in [-0.15, -0.1) is 0 Å². The van der Waals surface area contributed by atoms with Gasteiger partial charge in [-0.3, -0.25) is 13.8 Å². The van der Waals surface area contributed by atoms with E-state index < -0.39 is 52.0 Å². The summed E-state index contributed by atoms with van der Waals surface area (Å²) in [5.74, 6) is -2.95. The van der Waals surface area contributed by atoms with E-state index in [1.54, 1.807) is 0 Å². The highest BCUT2D eigenvalue weighted by atomic mass is 32.2. The smallest absolute Gasteiger partial charge is 0.333 e. The van der Waals surface area contributed by atoms with E-state index in [4.69, 9.17) is 8.92 Å². The molecule has 1 amide bonds. The van der Waals surface area contributed by atoms with E-state index >= 15 is 0 Å². The lowest BCUT2D eigenvalue weighted by Crippen LogP contribution is -2.49. The van der Waals surface area contributed by atoms with Gasteiger partial charge in [0.1, 0.15) is 12.7 Å². The molecular formula is C21H31NO9S. The maximum absolute atomic E-state index is 12.4. The van der Waals surface area contributed by atoms with Crippen LogP contribution in [0.25, 0.3) is 0 Å². The Morgan fingerprint density at radius 3 is 2.34 bits per heavy atom. The van der Waals surface area contributed by atoms with E-state index in [2.05, 4.69) is 5.32 Å². The minimum absolute atomic E-state index is 0.0299. The number of rotatable bonds is 14. The van der Waals surface area contributed by atoms with Gasteiger partial charge in [0.05, 0.1) is 5.75 Å². The highest BCUT2D eigenvalue weighted by Crippen LogP contribution is 2.30. The molecule has 1 rings (SSSR count). The Morgan fingerprint density at radius 2 is 1.78 bits per heavy atom. The monoisotopic (exact) mass is 473 g/mol. The van der Waals surface area contributed by atoms with Crippen LogP contribution in [-0.4, -0.2) is 67.6 Å². The van der Waals surface area contributed by atoms with Crippen LogP contribution in [-0.2, 0) is 39.8 Å². The van der Waals surface area contributed by atoms with Crippen LogP contribution >= 0.6 is 0 Å². The normalized spacial score (nSPS) is 13.8. The summed E-state index contributed by atoms with van der Waals surface area (Å²) in [4.78, 5) is 34.3. The molecule has 0 saturated heterocycles. The molecule has 0 aromatic heterocycles. The van der Waals surface area contributed by atoms with Gasteiger partial charge in [0.25, 0.3) is 10.1 Å². The molecule has 0 bridgehead atoms. The number of hydrogen-bond donors (Lipinski definition) is 3. The third-order valence-electron chi connectivity index (χ3n) is 4.83. The third-order valence-corrected chi connectivity index (χ3v) is 6.15. The molecule has 1 unspecified atom stereocenters. The molecule has 32 heavy (non-hydrogen) atoms. The summed E-state index contributed by atoms with van der Waals surface area (Å²) in [5, 5.41) is 21.7. The van der Waals surface area contributed by atoms with Gasteiger partial charge in [0, 0.05) is 25.3 Å². The number of amides is 1. The molecule has 0 heterocycles. The number of aryl methyl sites for hydroxylation is 1. The molecule has 1 aromatic rings. The Morgan fingerprint density at radius 1 is 1.16 bits per heavy atom. The summed E-state index contributed by atoms with van der Waals surface area (Å²) >= 11 is 0. The van der Waals surface area contributed by atoms with Gasteiger partial charge in [0.2, 0.25) is 5.91 Å². The predicted molar refractivity (Wildman–Crippen MR) is 115 cm³/mol. The maximum Gasteiger partial charge on any atom is 0.333 e. The lowest BCUT2D eigenvalue weighted by atomic mass is 9.81. The fourth-order valence-electron chi connectivity index (χ4n) is 2.73. The number of carboxylic acids is 1. The number of aliphatic hydroxyl groups is 1. The van der Waals surface area contributed by atoms with Crippen LogP contribution in [0.3, 0.4) is 0 Å². The van der Waals surface area contributed by atoms with Crippen molar-refractivity contribution in [3.63, 3.8) is 0 Å². The maximum atomic E-state index is 12.4. The minimum atomic E-state index is -4.17. The zero-order chi connectivity index (χ0) is 24.4. The molecule has 0 aliphatic carbocycles. The summed E-state index contributed by atoms with van der Waals surface area (Å²) in [6, 6.07) is 9.20. The molecule has 180 valence electrons. The summed E-state index contributed by atoms with van der Waals surface area (Å²) in [6.07, 6.45) is -2.91. The van der Waals surface area contributed by atoms with Crippen molar-refractivity contribution >= 4 is 28.0 Å². The molecular weight excluding hydrogens is 442 g/mol. The first-order valence-corrected chi connectivity index (χ1v) is 11.7. The van der Waals surface area contributed by atoms with Gasteiger partial charge in [0.15, 0.2) is 6.10 Å². The number of aliphatic hydroxyl groups excluding tert-OH is 1. The van der Waals surface area contributed by atoms with E-state index in [0.29, 0.717) is 6.42 Å². The van der Waals surface area contributed by atoms with E-state index in [9.17, 15) is 33.0 Å². The topological polar surface area (TPSA) is 156 Å². The molecule has 0 saturated carbocycles. The van der Waals surface area contributed by atoms with Crippen molar-refractivity contribution in [1.29, 1.82) is 0 Å². The first-order chi connectivity index (χ1) is 14.8. The molecule has 2 atom stereocenters. The van der Waals surface area contributed by atoms with E-state index in [0.717, 1.165) is 5.56 Å². The van der Waals surface area contributed by atoms with Crippen LogP contribution in [0.4, 0.5) is 0 Å². The van der Waals surface area contributed by atoms with Gasteiger partial charge in [-0.25, -0.2) is 4.79 Å².